The summed E-state index contributed by atoms with van der Waals surface area (Å²) in [5, 5.41) is 0.919. The fourth-order valence-electron chi connectivity index (χ4n) is 2.70. The minimum Gasteiger partial charge on any atom is -0.493 e. The maximum absolute atomic E-state index is 12.5. The van der Waals surface area contributed by atoms with Crippen LogP contribution in [0.3, 0.4) is 0 Å². The number of rotatable bonds is 7. The number of thiazole rings is 1. The van der Waals surface area contributed by atoms with Gasteiger partial charge in [0.05, 0.1) is 30.0 Å². The number of benzene rings is 2. The van der Waals surface area contributed by atoms with E-state index in [4.69, 9.17) is 9.47 Å². The summed E-state index contributed by atoms with van der Waals surface area (Å²) in [5.41, 5.74) is 1.84. The van der Waals surface area contributed by atoms with Crippen molar-refractivity contribution in [3.63, 3.8) is 0 Å². The highest BCUT2D eigenvalue weighted by Gasteiger charge is 2.11. The highest BCUT2D eigenvalue weighted by Crippen LogP contribution is 2.29. The normalized spacial score (nSPS) is 11.3. The van der Waals surface area contributed by atoms with Crippen molar-refractivity contribution in [1.82, 2.24) is 9.88 Å². The van der Waals surface area contributed by atoms with Crippen LogP contribution in [0.25, 0.3) is 16.3 Å². The first-order chi connectivity index (χ1) is 13.5. The van der Waals surface area contributed by atoms with E-state index in [1.54, 1.807) is 42.5 Å². The van der Waals surface area contributed by atoms with Gasteiger partial charge in [-0.15, -0.1) is 11.3 Å². The molecule has 0 N–H and O–H groups in total. The third kappa shape index (κ3) is 4.89. The zero-order chi connectivity index (χ0) is 20.1. The van der Waals surface area contributed by atoms with Crippen LogP contribution in [0.5, 0.6) is 11.5 Å². The van der Waals surface area contributed by atoms with E-state index in [2.05, 4.69) is 4.98 Å². The molecular formula is C22H24N2O3S. The standard InChI is InChI=1S/C22H24N2O3S/c1-15(2)27-18-11-9-16(13-19(18)26-4)10-12-22(25)24(3)14-21-23-17-7-5-6-8-20(17)28-21/h5-13,15H,14H2,1-4H3/b12-10+. The molecule has 0 fully saturated rings. The summed E-state index contributed by atoms with van der Waals surface area (Å²) in [6, 6.07) is 13.6. The van der Waals surface area contributed by atoms with Crippen LogP contribution in [0.15, 0.2) is 48.5 Å². The van der Waals surface area contributed by atoms with Gasteiger partial charge in [-0.25, -0.2) is 4.98 Å². The molecule has 3 aromatic rings. The maximum atomic E-state index is 12.5. The Bertz CT molecular complexity index is 961. The molecule has 2 aromatic carbocycles. The zero-order valence-corrected chi connectivity index (χ0v) is 17.3. The van der Waals surface area contributed by atoms with Gasteiger partial charge in [-0.3, -0.25) is 4.79 Å². The average Bonchev–Trinajstić information content (AvgIpc) is 3.08. The smallest absolute Gasteiger partial charge is 0.246 e. The van der Waals surface area contributed by atoms with Gasteiger partial charge in [-0.05, 0) is 49.8 Å². The molecule has 3 rings (SSSR count). The number of amides is 1. The Morgan fingerprint density at radius 1 is 1.21 bits per heavy atom. The van der Waals surface area contributed by atoms with E-state index in [1.165, 1.54) is 0 Å². The molecular weight excluding hydrogens is 372 g/mol. The van der Waals surface area contributed by atoms with Crippen LogP contribution in [-0.4, -0.2) is 36.1 Å². The van der Waals surface area contributed by atoms with Gasteiger partial charge in [0.25, 0.3) is 0 Å². The number of carbonyl (C=O) groups excluding carboxylic acids is 1. The van der Waals surface area contributed by atoms with Crippen LogP contribution < -0.4 is 9.47 Å². The van der Waals surface area contributed by atoms with Crippen LogP contribution in [0.2, 0.25) is 0 Å². The Kier molecular flexibility index (Phi) is 6.31. The van der Waals surface area contributed by atoms with E-state index in [0.29, 0.717) is 18.0 Å². The Morgan fingerprint density at radius 3 is 2.71 bits per heavy atom. The first kappa shape index (κ1) is 19.9. The number of methoxy groups -OCH3 is 1. The predicted octanol–water partition coefficient (Wildman–Crippen LogP) is 4.76. The third-order valence-electron chi connectivity index (χ3n) is 4.06. The number of para-hydroxylation sites is 1. The summed E-state index contributed by atoms with van der Waals surface area (Å²) in [4.78, 5) is 18.7. The molecule has 0 radical (unpaired) electrons. The molecule has 5 nitrogen and oxygen atoms in total. The van der Waals surface area contributed by atoms with Gasteiger partial charge in [-0.2, -0.15) is 0 Å². The molecule has 146 valence electrons. The Balaban J connectivity index is 1.66. The molecule has 1 heterocycles. The van der Waals surface area contributed by atoms with E-state index < -0.39 is 0 Å². The van der Waals surface area contributed by atoms with Crippen LogP contribution in [0, 0.1) is 0 Å². The minimum absolute atomic E-state index is 0.0630. The highest BCUT2D eigenvalue weighted by atomic mass is 32.1. The molecule has 0 atom stereocenters. The molecule has 0 bridgehead atoms. The Morgan fingerprint density at radius 2 is 2.00 bits per heavy atom. The van der Waals surface area contributed by atoms with E-state index in [0.717, 1.165) is 20.8 Å². The molecule has 0 aliphatic carbocycles. The van der Waals surface area contributed by atoms with Crippen molar-refractivity contribution in [1.29, 1.82) is 0 Å². The summed E-state index contributed by atoms with van der Waals surface area (Å²) < 4.78 is 12.2. The molecule has 0 saturated carbocycles. The van der Waals surface area contributed by atoms with Gasteiger partial charge in [0.15, 0.2) is 11.5 Å². The molecule has 0 spiro atoms. The van der Waals surface area contributed by atoms with Gasteiger partial charge in [-0.1, -0.05) is 18.2 Å². The average molecular weight is 397 g/mol. The summed E-state index contributed by atoms with van der Waals surface area (Å²) in [7, 11) is 3.38. The lowest BCUT2D eigenvalue weighted by atomic mass is 10.2. The van der Waals surface area contributed by atoms with E-state index in [9.17, 15) is 4.79 Å². The minimum atomic E-state index is -0.0827. The topological polar surface area (TPSA) is 51.7 Å². The predicted molar refractivity (Wildman–Crippen MR) is 114 cm³/mol. The Labute approximate surface area is 169 Å². The van der Waals surface area contributed by atoms with Crippen LogP contribution in [0.4, 0.5) is 0 Å². The van der Waals surface area contributed by atoms with Crippen molar-refractivity contribution in [2.24, 2.45) is 0 Å². The molecule has 1 aromatic heterocycles. The van der Waals surface area contributed by atoms with Crippen molar-refractivity contribution >= 4 is 33.5 Å². The van der Waals surface area contributed by atoms with Gasteiger partial charge in [0.1, 0.15) is 5.01 Å². The van der Waals surface area contributed by atoms with Crippen LogP contribution >= 0.6 is 11.3 Å². The molecule has 0 saturated heterocycles. The van der Waals surface area contributed by atoms with Crippen molar-refractivity contribution in [3.8, 4) is 11.5 Å². The lowest BCUT2D eigenvalue weighted by molar-refractivity contribution is -0.125. The number of hydrogen-bond donors (Lipinski definition) is 0. The quantitative estimate of drug-likeness (QED) is 0.540. The second-order valence-electron chi connectivity index (χ2n) is 6.68. The second-order valence-corrected chi connectivity index (χ2v) is 7.80. The first-order valence-electron chi connectivity index (χ1n) is 9.08. The fourth-order valence-corrected chi connectivity index (χ4v) is 3.72. The number of ether oxygens (including phenoxy) is 2. The summed E-state index contributed by atoms with van der Waals surface area (Å²) in [5.74, 6) is 1.25. The van der Waals surface area contributed by atoms with Gasteiger partial charge >= 0.3 is 0 Å². The maximum Gasteiger partial charge on any atom is 0.246 e. The van der Waals surface area contributed by atoms with Crippen molar-refractivity contribution in [3.05, 3.63) is 59.1 Å². The molecule has 28 heavy (non-hydrogen) atoms. The summed E-state index contributed by atoms with van der Waals surface area (Å²) in [6.07, 6.45) is 3.40. The SMILES string of the molecule is COc1cc(/C=C/C(=O)N(C)Cc2nc3ccccc3s2)ccc1OC(C)C. The number of likely N-dealkylation sites (N-methyl/N-ethyl adjacent to an activating group) is 1. The highest BCUT2D eigenvalue weighted by molar-refractivity contribution is 7.18. The van der Waals surface area contributed by atoms with Gasteiger partial charge < -0.3 is 14.4 Å². The number of aromatic nitrogens is 1. The third-order valence-corrected chi connectivity index (χ3v) is 5.08. The first-order valence-corrected chi connectivity index (χ1v) is 9.90. The summed E-state index contributed by atoms with van der Waals surface area (Å²) in [6.45, 7) is 4.41. The molecule has 0 aliphatic rings. The summed E-state index contributed by atoms with van der Waals surface area (Å²) >= 11 is 1.61. The van der Waals surface area contributed by atoms with Gasteiger partial charge in [0.2, 0.25) is 5.91 Å². The number of fused-ring (bicyclic) bond motifs is 1. The largest absolute Gasteiger partial charge is 0.493 e. The lowest BCUT2D eigenvalue weighted by Gasteiger charge is -2.14. The molecule has 0 aliphatic heterocycles. The van der Waals surface area contributed by atoms with Crippen LogP contribution in [-0.2, 0) is 11.3 Å². The van der Waals surface area contributed by atoms with Gasteiger partial charge in [0, 0.05) is 13.1 Å². The lowest BCUT2D eigenvalue weighted by Crippen LogP contribution is -2.23. The monoisotopic (exact) mass is 396 g/mol. The molecule has 6 heteroatoms. The van der Waals surface area contributed by atoms with Crippen molar-refractivity contribution in [2.45, 2.75) is 26.5 Å². The number of nitrogens with zero attached hydrogens (tertiary/aromatic N) is 2. The number of hydrogen-bond acceptors (Lipinski definition) is 5. The Hall–Kier alpha value is -2.86. The van der Waals surface area contributed by atoms with E-state index >= 15 is 0 Å². The number of carbonyl (C=O) groups is 1. The van der Waals surface area contributed by atoms with E-state index in [1.807, 2.05) is 56.3 Å². The second kappa shape index (κ2) is 8.89. The van der Waals surface area contributed by atoms with Crippen molar-refractivity contribution in [2.75, 3.05) is 14.2 Å². The molecule has 0 unspecified atom stereocenters. The fraction of sp³-hybridized carbons (Fsp3) is 0.273. The van der Waals surface area contributed by atoms with Crippen LogP contribution in [0.1, 0.15) is 24.4 Å². The van der Waals surface area contributed by atoms with Crippen molar-refractivity contribution < 1.29 is 14.3 Å². The molecule has 1 amide bonds. The van der Waals surface area contributed by atoms with E-state index in [-0.39, 0.29) is 12.0 Å². The zero-order valence-electron chi connectivity index (χ0n) is 16.5.